The van der Waals surface area contributed by atoms with Crippen LogP contribution in [0.15, 0.2) is 35.4 Å². The molecule has 0 aliphatic carbocycles. The molecule has 1 amide bonds. The van der Waals surface area contributed by atoms with Gasteiger partial charge in [-0.15, -0.1) is 0 Å². The van der Waals surface area contributed by atoms with Crippen molar-refractivity contribution in [2.75, 3.05) is 19.7 Å². The van der Waals surface area contributed by atoms with Crippen LogP contribution in [0.3, 0.4) is 0 Å². The fourth-order valence-corrected chi connectivity index (χ4v) is 2.88. The van der Waals surface area contributed by atoms with Crippen LogP contribution < -0.4 is 0 Å². The first kappa shape index (κ1) is 13.2. The molecule has 104 valence electrons. The average Bonchev–Trinajstić information content (AvgIpc) is 3.01. The number of carbonyl (C=O) groups excluding carboxylic acids is 1. The minimum atomic E-state index is -0.177. The molecule has 0 bridgehead atoms. The van der Waals surface area contributed by atoms with Crippen molar-refractivity contribution in [3.8, 4) is 0 Å². The van der Waals surface area contributed by atoms with Gasteiger partial charge in [0.25, 0.3) is 0 Å². The highest BCUT2D eigenvalue weighted by Gasteiger charge is 2.26. The number of thiophene rings is 1. The molecule has 2 aromatic rings. The maximum atomic E-state index is 12.3. The highest BCUT2D eigenvalue weighted by atomic mass is 32.1. The maximum Gasteiger partial charge on any atom is 0.227 e. The van der Waals surface area contributed by atoms with Crippen molar-refractivity contribution >= 4 is 17.2 Å². The number of hydrogen-bond acceptors (Lipinski definition) is 5. The number of carbonyl (C=O) groups is 1. The molecule has 3 heterocycles. The van der Waals surface area contributed by atoms with E-state index in [-0.39, 0.29) is 12.0 Å². The Morgan fingerprint density at radius 1 is 1.50 bits per heavy atom. The molecular weight excluding hydrogens is 274 g/mol. The molecule has 0 radical (unpaired) electrons. The predicted octanol–water partition coefficient (Wildman–Crippen LogP) is 1.68. The summed E-state index contributed by atoms with van der Waals surface area (Å²) in [6, 6.07) is 1.99. The molecule has 0 spiro atoms. The van der Waals surface area contributed by atoms with Gasteiger partial charge < -0.3 is 9.64 Å². The van der Waals surface area contributed by atoms with Crippen LogP contribution in [0.4, 0.5) is 0 Å². The van der Waals surface area contributed by atoms with Crippen LogP contribution in [0, 0.1) is 0 Å². The topological polar surface area (TPSA) is 55.3 Å². The molecule has 6 heteroatoms. The van der Waals surface area contributed by atoms with Gasteiger partial charge in [-0.1, -0.05) is 0 Å². The van der Waals surface area contributed by atoms with E-state index in [1.165, 1.54) is 0 Å². The quantitative estimate of drug-likeness (QED) is 0.862. The van der Waals surface area contributed by atoms with Crippen molar-refractivity contribution in [1.29, 1.82) is 0 Å². The van der Waals surface area contributed by atoms with Gasteiger partial charge >= 0.3 is 0 Å². The third-order valence-corrected chi connectivity index (χ3v) is 4.00. The fourth-order valence-electron chi connectivity index (χ4n) is 2.21. The molecule has 2 aromatic heterocycles. The Balaban J connectivity index is 1.64. The lowest BCUT2D eigenvalue weighted by atomic mass is 10.1. The van der Waals surface area contributed by atoms with Crippen LogP contribution in [-0.2, 0) is 16.0 Å². The molecule has 5 nitrogen and oxygen atoms in total. The zero-order valence-electron chi connectivity index (χ0n) is 10.9. The van der Waals surface area contributed by atoms with E-state index in [1.807, 2.05) is 21.7 Å². The van der Waals surface area contributed by atoms with Crippen LogP contribution in [0.25, 0.3) is 0 Å². The van der Waals surface area contributed by atoms with Crippen molar-refractivity contribution in [2.24, 2.45) is 0 Å². The van der Waals surface area contributed by atoms with Crippen molar-refractivity contribution in [1.82, 2.24) is 14.9 Å². The highest BCUT2D eigenvalue weighted by molar-refractivity contribution is 7.07. The van der Waals surface area contributed by atoms with Gasteiger partial charge in [-0.05, 0) is 22.4 Å². The first-order valence-corrected chi connectivity index (χ1v) is 7.43. The summed E-state index contributed by atoms with van der Waals surface area (Å²) in [6.07, 6.45) is 5.24. The monoisotopic (exact) mass is 289 g/mol. The Morgan fingerprint density at radius 3 is 3.20 bits per heavy atom. The molecule has 1 aliphatic heterocycles. The van der Waals surface area contributed by atoms with Crippen LogP contribution in [0.5, 0.6) is 0 Å². The van der Waals surface area contributed by atoms with E-state index < -0.39 is 0 Å². The molecule has 1 saturated heterocycles. The normalized spacial score (nSPS) is 19.0. The van der Waals surface area contributed by atoms with Crippen molar-refractivity contribution in [3.05, 3.63) is 46.7 Å². The second kappa shape index (κ2) is 6.11. The van der Waals surface area contributed by atoms with E-state index >= 15 is 0 Å². The molecule has 0 aromatic carbocycles. The standard InChI is InChI=1S/C14H15N3O2S/c18-14(7-11-1-6-20-10-11)17-4-5-19-13(9-17)12-8-15-2-3-16-12/h1-3,6,8,10,13H,4-5,7,9H2/t13-/m1/s1. The Kier molecular flexibility index (Phi) is 4.03. The summed E-state index contributed by atoms with van der Waals surface area (Å²) in [5, 5.41) is 4.00. The molecule has 1 atom stereocenters. The first-order chi connectivity index (χ1) is 9.83. The maximum absolute atomic E-state index is 12.3. The van der Waals surface area contributed by atoms with E-state index in [9.17, 15) is 4.79 Å². The molecule has 1 fully saturated rings. The fraction of sp³-hybridized carbons (Fsp3) is 0.357. The predicted molar refractivity (Wildman–Crippen MR) is 75.3 cm³/mol. The zero-order chi connectivity index (χ0) is 13.8. The van der Waals surface area contributed by atoms with E-state index in [2.05, 4.69) is 9.97 Å². The Bertz CT molecular complexity index is 559. The number of ether oxygens (including phenoxy) is 1. The Morgan fingerprint density at radius 2 is 2.45 bits per heavy atom. The third kappa shape index (κ3) is 3.02. The van der Waals surface area contributed by atoms with Crippen molar-refractivity contribution in [3.63, 3.8) is 0 Å². The largest absolute Gasteiger partial charge is 0.368 e. The lowest BCUT2D eigenvalue weighted by Crippen LogP contribution is -2.43. The van der Waals surface area contributed by atoms with Gasteiger partial charge in [0, 0.05) is 18.9 Å². The molecule has 20 heavy (non-hydrogen) atoms. The number of hydrogen-bond donors (Lipinski definition) is 0. The summed E-state index contributed by atoms with van der Waals surface area (Å²) in [7, 11) is 0. The van der Waals surface area contributed by atoms with Gasteiger partial charge in [0.05, 0.1) is 31.5 Å². The Labute approximate surface area is 121 Å². The van der Waals surface area contributed by atoms with Gasteiger partial charge in [-0.25, -0.2) is 0 Å². The lowest BCUT2D eigenvalue weighted by Gasteiger charge is -2.32. The number of amides is 1. The first-order valence-electron chi connectivity index (χ1n) is 6.49. The molecule has 0 unspecified atom stereocenters. The zero-order valence-corrected chi connectivity index (χ0v) is 11.8. The summed E-state index contributed by atoms with van der Waals surface area (Å²) in [4.78, 5) is 22.4. The van der Waals surface area contributed by atoms with Gasteiger partial charge in [0.1, 0.15) is 6.10 Å². The number of aromatic nitrogens is 2. The summed E-state index contributed by atoms with van der Waals surface area (Å²) in [5.74, 6) is 0.139. The lowest BCUT2D eigenvalue weighted by molar-refractivity contribution is -0.138. The second-order valence-corrected chi connectivity index (χ2v) is 5.42. The smallest absolute Gasteiger partial charge is 0.227 e. The molecule has 0 saturated carbocycles. The van der Waals surface area contributed by atoms with Crippen molar-refractivity contribution < 1.29 is 9.53 Å². The summed E-state index contributed by atoms with van der Waals surface area (Å²) in [6.45, 7) is 1.72. The van der Waals surface area contributed by atoms with E-state index in [0.717, 1.165) is 11.3 Å². The molecule has 3 rings (SSSR count). The molecule has 1 aliphatic rings. The minimum Gasteiger partial charge on any atom is -0.368 e. The summed E-state index contributed by atoms with van der Waals surface area (Å²) >= 11 is 1.61. The third-order valence-electron chi connectivity index (χ3n) is 3.27. The minimum absolute atomic E-state index is 0.139. The summed E-state index contributed by atoms with van der Waals surface area (Å²) < 4.78 is 5.69. The number of nitrogens with zero attached hydrogens (tertiary/aromatic N) is 3. The molecular formula is C14H15N3O2S. The number of morpholine rings is 1. The number of rotatable bonds is 3. The van der Waals surface area contributed by atoms with Gasteiger partial charge in [0.15, 0.2) is 0 Å². The van der Waals surface area contributed by atoms with E-state index in [4.69, 9.17) is 4.74 Å². The highest BCUT2D eigenvalue weighted by Crippen LogP contribution is 2.20. The second-order valence-electron chi connectivity index (χ2n) is 4.64. The average molecular weight is 289 g/mol. The Hall–Kier alpha value is -1.79. The van der Waals surface area contributed by atoms with Crippen molar-refractivity contribution in [2.45, 2.75) is 12.5 Å². The van der Waals surface area contributed by atoms with E-state index in [0.29, 0.717) is 26.1 Å². The SMILES string of the molecule is O=C(Cc1ccsc1)N1CCO[C@@H](c2cnccn2)C1. The van der Waals surface area contributed by atoms with Crippen LogP contribution >= 0.6 is 11.3 Å². The van der Waals surface area contributed by atoms with Crippen LogP contribution in [0.2, 0.25) is 0 Å². The van der Waals surface area contributed by atoms with Gasteiger partial charge in [-0.3, -0.25) is 14.8 Å². The molecule has 0 N–H and O–H groups in total. The van der Waals surface area contributed by atoms with Gasteiger partial charge in [0.2, 0.25) is 5.91 Å². The van der Waals surface area contributed by atoms with E-state index in [1.54, 1.807) is 29.9 Å². The van der Waals surface area contributed by atoms with Crippen LogP contribution in [0.1, 0.15) is 17.4 Å². The van der Waals surface area contributed by atoms with Crippen LogP contribution in [-0.4, -0.2) is 40.5 Å². The van der Waals surface area contributed by atoms with Gasteiger partial charge in [-0.2, -0.15) is 11.3 Å². The summed E-state index contributed by atoms with van der Waals surface area (Å²) in [5.41, 5.74) is 1.85.